The fourth-order valence-corrected chi connectivity index (χ4v) is 4.27. The number of carbonyl (C=O) groups excluding carboxylic acids is 1. The van der Waals surface area contributed by atoms with Crippen molar-refractivity contribution in [2.45, 2.75) is 32.2 Å². The average molecular weight is 312 g/mol. The number of rotatable bonds is 5. The van der Waals surface area contributed by atoms with Gasteiger partial charge in [-0.2, -0.15) is 0 Å². The number of aromatic nitrogens is 1. The van der Waals surface area contributed by atoms with Gasteiger partial charge in [-0.05, 0) is 12.8 Å². The Kier molecular flexibility index (Phi) is 4.82. The van der Waals surface area contributed by atoms with Crippen LogP contribution < -0.4 is 5.43 Å². The van der Waals surface area contributed by atoms with E-state index in [4.69, 9.17) is 0 Å². The third-order valence-electron chi connectivity index (χ3n) is 3.72. The van der Waals surface area contributed by atoms with Crippen molar-refractivity contribution in [1.82, 2.24) is 9.88 Å². The van der Waals surface area contributed by atoms with Gasteiger partial charge in [0, 0.05) is 31.0 Å². The molecule has 1 unspecified atom stereocenters. The van der Waals surface area contributed by atoms with E-state index in [1.54, 1.807) is 4.90 Å². The standard InChI is InChI=1S/C14H20N2O4S/c1-2-3-7-16(11-5-8-21(19,20)10-11)14(18)12-9-15-6-4-13(12)17/h4,6,9,11H,2-3,5,7-8,10H2,1H3,(H,15,17). The first kappa shape index (κ1) is 15.8. The number of unbranched alkanes of at least 4 members (excludes halogenated alkanes) is 1. The predicted octanol–water partition coefficient (Wildman–Crippen LogP) is 0.804. The number of hydrogen-bond acceptors (Lipinski definition) is 4. The van der Waals surface area contributed by atoms with Crippen molar-refractivity contribution in [3.05, 3.63) is 34.2 Å². The molecule has 0 spiro atoms. The second-order valence-electron chi connectivity index (χ2n) is 5.33. The molecule has 116 valence electrons. The van der Waals surface area contributed by atoms with Crippen LogP contribution in [0, 0.1) is 0 Å². The van der Waals surface area contributed by atoms with Gasteiger partial charge >= 0.3 is 0 Å². The van der Waals surface area contributed by atoms with E-state index in [9.17, 15) is 18.0 Å². The van der Waals surface area contributed by atoms with E-state index in [0.29, 0.717) is 13.0 Å². The molecule has 1 N–H and O–H groups in total. The number of amides is 1. The highest BCUT2D eigenvalue weighted by Crippen LogP contribution is 2.19. The van der Waals surface area contributed by atoms with Crippen molar-refractivity contribution in [3.8, 4) is 0 Å². The van der Waals surface area contributed by atoms with Gasteiger partial charge in [-0.25, -0.2) is 8.42 Å². The zero-order valence-corrected chi connectivity index (χ0v) is 12.9. The summed E-state index contributed by atoms with van der Waals surface area (Å²) < 4.78 is 23.3. The molecular formula is C14H20N2O4S. The summed E-state index contributed by atoms with van der Waals surface area (Å²) in [4.78, 5) is 28.7. The summed E-state index contributed by atoms with van der Waals surface area (Å²) in [6.07, 6.45) is 4.98. The molecule has 0 aromatic carbocycles. The molecule has 1 atom stereocenters. The number of carbonyl (C=O) groups is 1. The van der Waals surface area contributed by atoms with E-state index in [-0.39, 0.29) is 34.4 Å². The maximum atomic E-state index is 12.6. The minimum absolute atomic E-state index is 0.00675. The van der Waals surface area contributed by atoms with Crippen molar-refractivity contribution >= 4 is 15.7 Å². The molecule has 21 heavy (non-hydrogen) atoms. The maximum Gasteiger partial charge on any atom is 0.259 e. The number of nitrogens with one attached hydrogen (secondary N) is 1. The van der Waals surface area contributed by atoms with Crippen LogP contribution in [0.3, 0.4) is 0 Å². The highest BCUT2D eigenvalue weighted by Gasteiger charge is 2.35. The van der Waals surface area contributed by atoms with Crippen molar-refractivity contribution in [3.63, 3.8) is 0 Å². The van der Waals surface area contributed by atoms with Crippen molar-refractivity contribution in [2.24, 2.45) is 0 Å². The summed E-state index contributed by atoms with van der Waals surface area (Å²) in [7, 11) is -3.07. The van der Waals surface area contributed by atoms with E-state index in [1.807, 2.05) is 6.92 Å². The van der Waals surface area contributed by atoms with E-state index in [2.05, 4.69) is 4.98 Å². The zero-order valence-electron chi connectivity index (χ0n) is 12.0. The van der Waals surface area contributed by atoms with Crippen molar-refractivity contribution in [2.75, 3.05) is 18.1 Å². The van der Waals surface area contributed by atoms with Crippen LogP contribution in [0.4, 0.5) is 0 Å². The minimum Gasteiger partial charge on any atom is -0.367 e. The Morgan fingerprint density at radius 1 is 1.48 bits per heavy atom. The van der Waals surface area contributed by atoms with Crippen molar-refractivity contribution in [1.29, 1.82) is 0 Å². The summed E-state index contributed by atoms with van der Waals surface area (Å²) in [5.41, 5.74) is -0.279. The van der Waals surface area contributed by atoms with Crippen LogP contribution in [0.5, 0.6) is 0 Å². The van der Waals surface area contributed by atoms with Crippen molar-refractivity contribution < 1.29 is 13.2 Å². The van der Waals surface area contributed by atoms with Gasteiger partial charge < -0.3 is 9.88 Å². The largest absolute Gasteiger partial charge is 0.367 e. The van der Waals surface area contributed by atoms with Gasteiger partial charge in [0.05, 0.1) is 11.5 Å². The first-order chi connectivity index (χ1) is 9.94. The summed E-state index contributed by atoms with van der Waals surface area (Å²) in [5, 5.41) is 0. The SMILES string of the molecule is CCCCN(C(=O)c1c[nH]ccc1=O)C1CCS(=O)(=O)C1. The molecule has 6 nitrogen and oxygen atoms in total. The van der Waals surface area contributed by atoms with Crippen LogP contribution in [0.25, 0.3) is 0 Å². The van der Waals surface area contributed by atoms with Crippen LogP contribution in [0.15, 0.2) is 23.3 Å². The number of aromatic amines is 1. The minimum atomic E-state index is -3.07. The topological polar surface area (TPSA) is 87.3 Å². The number of hydrogen-bond donors (Lipinski definition) is 1. The average Bonchev–Trinajstić information content (AvgIpc) is 2.79. The quantitative estimate of drug-likeness (QED) is 0.871. The third kappa shape index (κ3) is 3.72. The molecule has 1 aliphatic rings. The molecule has 1 aromatic rings. The van der Waals surface area contributed by atoms with Gasteiger partial charge in [0.15, 0.2) is 15.3 Å². The maximum absolute atomic E-state index is 12.6. The van der Waals surface area contributed by atoms with Gasteiger partial charge in [-0.3, -0.25) is 9.59 Å². The van der Waals surface area contributed by atoms with Crippen LogP contribution in [0.1, 0.15) is 36.5 Å². The summed E-state index contributed by atoms with van der Waals surface area (Å²) in [6, 6.07) is 0.977. The van der Waals surface area contributed by atoms with Crippen LogP contribution in [0.2, 0.25) is 0 Å². The van der Waals surface area contributed by atoms with Gasteiger partial charge in [0.1, 0.15) is 5.56 Å². The molecule has 2 rings (SSSR count). The lowest BCUT2D eigenvalue weighted by Crippen LogP contribution is -2.43. The molecule has 2 heterocycles. The lowest BCUT2D eigenvalue weighted by Gasteiger charge is -2.28. The smallest absolute Gasteiger partial charge is 0.259 e. The molecule has 1 saturated heterocycles. The van der Waals surface area contributed by atoms with E-state index >= 15 is 0 Å². The van der Waals surface area contributed by atoms with E-state index in [1.165, 1.54) is 18.5 Å². The Balaban J connectivity index is 2.26. The Hall–Kier alpha value is -1.63. The number of sulfone groups is 1. The Bertz CT molecular complexity index is 666. The Morgan fingerprint density at radius 3 is 2.81 bits per heavy atom. The van der Waals surface area contributed by atoms with Crippen LogP contribution >= 0.6 is 0 Å². The predicted molar refractivity (Wildman–Crippen MR) is 80.1 cm³/mol. The Labute approximate surface area is 124 Å². The fourth-order valence-electron chi connectivity index (χ4n) is 2.54. The molecule has 0 radical (unpaired) electrons. The van der Waals surface area contributed by atoms with Gasteiger partial charge in [-0.1, -0.05) is 13.3 Å². The monoisotopic (exact) mass is 312 g/mol. The molecule has 7 heteroatoms. The highest BCUT2D eigenvalue weighted by atomic mass is 32.2. The van der Waals surface area contributed by atoms with Crippen LogP contribution in [-0.4, -0.2) is 48.3 Å². The number of H-pyrrole nitrogens is 1. The highest BCUT2D eigenvalue weighted by molar-refractivity contribution is 7.91. The molecule has 0 aliphatic carbocycles. The molecule has 1 aromatic heterocycles. The second-order valence-corrected chi connectivity index (χ2v) is 7.56. The molecular weight excluding hydrogens is 292 g/mol. The lowest BCUT2D eigenvalue weighted by molar-refractivity contribution is 0.0692. The summed E-state index contributed by atoms with van der Waals surface area (Å²) in [6.45, 7) is 2.48. The van der Waals surface area contributed by atoms with E-state index in [0.717, 1.165) is 12.8 Å². The number of pyridine rings is 1. The summed E-state index contributed by atoms with van der Waals surface area (Å²) in [5.74, 6) is -0.279. The molecule has 0 bridgehead atoms. The molecule has 1 aliphatic heterocycles. The number of nitrogens with zero attached hydrogens (tertiary/aromatic N) is 1. The van der Waals surface area contributed by atoms with Crippen LogP contribution in [-0.2, 0) is 9.84 Å². The molecule has 0 saturated carbocycles. The first-order valence-corrected chi connectivity index (χ1v) is 8.95. The third-order valence-corrected chi connectivity index (χ3v) is 5.47. The van der Waals surface area contributed by atoms with E-state index < -0.39 is 9.84 Å². The van der Waals surface area contributed by atoms with Gasteiger partial charge in [0.25, 0.3) is 5.91 Å². The Morgan fingerprint density at radius 2 is 2.24 bits per heavy atom. The zero-order chi connectivity index (χ0) is 15.5. The normalized spacial score (nSPS) is 20.3. The first-order valence-electron chi connectivity index (χ1n) is 7.13. The molecule has 1 amide bonds. The fraction of sp³-hybridized carbons (Fsp3) is 0.571. The summed E-state index contributed by atoms with van der Waals surface area (Å²) >= 11 is 0. The molecule has 1 fully saturated rings. The lowest BCUT2D eigenvalue weighted by atomic mass is 10.1. The van der Waals surface area contributed by atoms with Gasteiger partial charge in [0.2, 0.25) is 0 Å². The van der Waals surface area contributed by atoms with Gasteiger partial charge in [-0.15, -0.1) is 0 Å². The second kappa shape index (κ2) is 6.43.